The molecule has 1 aliphatic heterocycles. The third-order valence-electron chi connectivity index (χ3n) is 5.39. The van der Waals surface area contributed by atoms with Gasteiger partial charge in [-0.15, -0.1) is 0 Å². The number of benzene rings is 3. The van der Waals surface area contributed by atoms with Gasteiger partial charge in [0.15, 0.2) is 5.69 Å². The average molecular weight is 457 g/mol. The molecule has 0 radical (unpaired) electrons. The fourth-order valence-corrected chi connectivity index (χ4v) is 3.96. The van der Waals surface area contributed by atoms with E-state index in [0.717, 1.165) is 16.8 Å². The lowest BCUT2D eigenvalue weighted by Crippen LogP contribution is -2.84. The summed E-state index contributed by atoms with van der Waals surface area (Å²) in [5.41, 5.74) is 3.37. The van der Waals surface area contributed by atoms with Crippen LogP contribution in [0.25, 0.3) is 0 Å². The van der Waals surface area contributed by atoms with Crippen molar-refractivity contribution in [3.05, 3.63) is 93.7 Å². The molecule has 4 nitrogen and oxygen atoms in total. The lowest BCUT2D eigenvalue weighted by Gasteiger charge is -2.25. The van der Waals surface area contributed by atoms with Crippen LogP contribution in [0.3, 0.4) is 0 Å². The maximum absolute atomic E-state index is 13.5. The van der Waals surface area contributed by atoms with E-state index in [9.17, 15) is 9.18 Å². The van der Waals surface area contributed by atoms with Crippen LogP contribution < -0.4 is 10.6 Å². The summed E-state index contributed by atoms with van der Waals surface area (Å²) in [5.74, 6) is -0.395. The van der Waals surface area contributed by atoms with Crippen LogP contribution in [0.5, 0.6) is 0 Å². The first-order valence-corrected chi connectivity index (χ1v) is 10.7. The number of rotatable bonds is 6. The second-order valence-corrected chi connectivity index (χ2v) is 8.47. The summed E-state index contributed by atoms with van der Waals surface area (Å²) >= 11 is 12.1. The summed E-state index contributed by atoms with van der Waals surface area (Å²) in [7, 11) is 0. The van der Waals surface area contributed by atoms with Crippen LogP contribution >= 0.6 is 23.2 Å². The first-order valence-electron chi connectivity index (χ1n) is 9.93. The number of quaternary nitrogens is 1. The molecule has 0 aliphatic carbocycles. The van der Waals surface area contributed by atoms with E-state index in [0.29, 0.717) is 22.2 Å². The molecular weight excluding hydrogens is 436 g/mol. The molecule has 0 bridgehead atoms. The van der Waals surface area contributed by atoms with E-state index in [4.69, 9.17) is 23.2 Å². The van der Waals surface area contributed by atoms with Gasteiger partial charge < -0.3 is 5.32 Å². The standard InChI is InChI=1S/C24H20Cl2FN3O/c1-14(28-24(31)23-29-21-11-10-19(27)13-22(21)30-23)20(16-4-8-18(26)9-5-16)12-15-2-6-17(25)7-3-15/h2-11,13-14,20H,12H2,1H3,(H,28,31)(H,29,30)/p+1/t14-,20+/m1/s1. The number of hydrogen-bond donors (Lipinski definition) is 2. The molecule has 7 heteroatoms. The Morgan fingerprint density at radius 1 is 1.03 bits per heavy atom. The van der Waals surface area contributed by atoms with Crippen LogP contribution in [0.4, 0.5) is 15.8 Å². The molecule has 3 aromatic carbocycles. The zero-order chi connectivity index (χ0) is 22.0. The first kappa shape index (κ1) is 21.5. The van der Waals surface area contributed by atoms with Gasteiger partial charge in [0.05, 0.1) is 0 Å². The van der Waals surface area contributed by atoms with Crippen molar-refractivity contribution < 1.29 is 14.5 Å². The van der Waals surface area contributed by atoms with E-state index >= 15 is 0 Å². The zero-order valence-electron chi connectivity index (χ0n) is 16.8. The number of nitrogens with zero attached hydrogens (tertiary/aromatic N) is 1. The van der Waals surface area contributed by atoms with E-state index in [1.54, 1.807) is 11.4 Å². The molecule has 158 valence electrons. The molecule has 3 N–H and O–H groups in total. The SMILES string of the molecule is C[C@@H](NC(=O)C1=Nc2cc(F)ccc2[NH2+]1)[C@H](Cc1ccc(Cl)cc1)c1ccc(Cl)cc1. The molecule has 0 aromatic heterocycles. The van der Waals surface area contributed by atoms with Crippen molar-refractivity contribution in [2.75, 3.05) is 0 Å². The van der Waals surface area contributed by atoms with Gasteiger partial charge in [0.25, 0.3) is 5.84 Å². The Bertz CT molecular complexity index is 1130. The van der Waals surface area contributed by atoms with Gasteiger partial charge in [0, 0.05) is 34.1 Å². The van der Waals surface area contributed by atoms with Gasteiger partial charge in [0.2, 0.25) is 0 Å². The number of nitrogens with two attached hydrogens (primary N) is 1. The summed E-state index contributed by atoms with van der Waals surface area (Å²) in [6.07, 6.45) is 0.710. The molecule has 0 saturated carbocycles. The van der Waals surface area contributed by atoms with Crippen molar-refractivity contribution in [2.24, 2.45) is 4.99 Å². The summed E-state index contributed by atoms with van der Waals surface area (Å²) < 4.78 is 13.5. The molecule has 4 rings (SSSR count). The Morgan fingerprint density at radius 3 is 2.35 bits per heavy atom. The Kier molecular flexibility index (Phi) is 6.37. The minimum Gasteiger partial charge on any atom is -0.343 e. The lowest BCUT2D eigenvalue weighted by molar-refractivity contribution is -0.436. The number of halogens is 3. The fraction of sp³-hybridized carbons (Fsp3) is 0.167. The Hall–Kier alpha value is -2.73. The largest absolute Gasteiger partial charge is 0.343 e. The monoisotopic (exact) mass is 456 g/mol. The van der Waals surface area contributed by atoms with Gasteiger partial charge in [-0.3, -0.25) is 10.1 Å². The van der Waals surface area contributed by atoms with Crippen molar-refractivity contribution in [3.8, 4) is 0 Å². The smallest absolute Gasteiger partial charge is 0.326 e. The fourth-order valence-electron chi connectivity index (χ4n) is 3.71. The lowest BCUT2D eigenvalue weighted by atomic mass is 9.86. The van der Waals surface area contributed by atoms with Crippen LogP contribution in [0.15, 0.2) is 71.7 Å². The van der Waals surface area contributed by atoms with Crippen LogP contribution in [-0.4, -0.2) is 17.8 Å². The van der Waals surface area contributed by atoms with E-state index < -0.39 is 0 Å². The Balaban J connectivity index is 1.53. The molecule has 2 atom stereocenters. The highest BCUT2D eigenvalue weighted by molar-refractivity contribution is 6.35. The molecule has 1 heterocycles. The second-order valence-electron chi connectivity index (χ2n) is 7.60. The number of hydrogen-bond acceptors (Lipinski definition) is 2. The summed E-state index contributed by atoms with van der Waals surface area (Å²) in [4.78, 5) is 17.2. The Morgan fingerprint density at radius 2 is 1.68 bits per heavy atom. The summed E-state index contributed by atoms with van der Waals surface area (Å²) in [6, 6.07) is 19.4. The summed E-state index contributed by atoms with van der Waals surface area (Å²) in [6.45, 7) is 1.97. The molecule has 0 saturated heterocycles. The molecule has 0 fully saturated rings. The van der Waals surface area contributed by atoms with Gasteiger partial charge in [-0.25, -0.2) is 4.39 Å². The number of amidine groups is 1. The van der Waals surface area contributed by atoms with E-state index in [1.807, 2.05) is 55.5 Å². The summed E-state index contributed by atoms with van der Waals surface area (Å²) in [5, 5.41) is 6.07. The van der Waals surface area contributed by atoms with Crippen molar-refractivity contribution in [3.63, 3.8) is 0 Å². The molecule has 31 heavy (non-hydrogen) atoms. The molecule has 0 spiro atoms. The molecule has 3 aromatic rings. The maximum Gasteiger partial charge on any atom is 0.326 e. The number of carbonyl (C=O) groups excluding carboxylic acids is 1. The highest BCUT2D eigenvalue weighted by Gasteiger charge is 2.29. The van der Waals surface area contributed by atoms with Gasteiger partial charge in [0.1, 0.15) is 11.5 Å². The zero-order valence-corrected chi connectivity index (χ0v) is 18.3. The number of amides is 1. The highest BCUT2D eigenvalue weighted by Crippen LogP contribution is 2.28. The van der Waals surface area contributed by atoms with E-state index in [1.165, 1.54) is 12.1 Å². The molecule has 0 unspecified atom stereocenters. The Labute approximate surface area is 190 Å². The second kappa shape index (κ2) is 9.18. The highest BCUT2D eigenvalue weighted by atomic mass is 35.5. The normalized spacial score (nSPS) is 14.5. The first-order chi connectivity index (χ1) is 14.9. The van der Waals surface area contributed by atoms with E-state index in [-0.39, 0.29) is 29.5 Å². The number of carbonyl (C=O) groups is 1. The minimum absolute atomic E-state index is 0.00390. The van der Waals surface area contributed by atoms with Crippen molar-refractivity contribution in [1.82, 2.24) is 5.32 Å². The molecule has 1 aliphatic rings. The van der Waals surface area contributed by atoms with E-state index in [2.05, 4.69) is 10.3 Å². The maximum atomic E-state index is 13.5. The number of fused-ring (bicyclic) bond motifs is 1. The number of aliphatic imine (C=N–C) groups is 1. The van der Waals surface area contributed by atoms with Crippen LogP contribution in [0.1, 0.15) is 24.0 Å². The molecule has 1 amide bonds. The minimum atomic E-state index is -0.378. The van der Waals surface area contributed by atoms with Gasteiger partial charge in [-0.1, -0.05) is 47.5 Å². The predicted octanol–water partition coefficient (Wildman–Crippen LogP) is 4.90. The van der Waals surface area contributed by atoms with Crippen molar-refractivity contribution >= 4 is 46.3 Å². The van der Waals surface area contributed by atoms with Gasteiger partial charge in [-0.2, -0.15) is 4.99 Å². The van der Waals surface area contributed by atoms with Gasteiger partial charge in [-0.05, 0) is 54.8 Å². The topological polar surface area (TPSA) is 58.1 Å². The van der Waals surface area contributed by atoms with Gasteiger partial charge >= 0.3 is 5.91 Å². The van der Waals surface area contributed by atoms with Crippen LogP contribution in [-0.2, 0) is 11.2 Å². The third-order valence-corrected chi connectivity index (χ3v) is 5.89. The predicted molar refractivity (Wildman–Crippen MR) is 122 cm³/mol. The number of nitrogens with one attached hydrogen (secondary N) is 1. The average Bonchev–Trinajstić information content (AvgIpc) is 3.17. The quantitative estimate of drug-likeness (QED) is 0.509. The van der Waals surface area contributed by atoms with Crippen LogP contribution in [0, 0.1) is 5.82 Å². The van der Waals surface area contributed by atoms with Crippen LogP contribution in [0.2, 0.25) is 10.0 Å². The van der Waals surface area contributed by atoms with Crippen molar-refractivity contribution in [2.45, 2.75) is 25.3 Å². The van der Waals surface area contributed by atoms with Crippen molar-refractivity contribution in [1.29, 1.82) is 0 Å². The molecular formula is C24H21Cl2FN3O+. The third kappa shape index (κ3) is 5.13.